The van der Waals surface area contributed by atoms with Gasteiger partial charge in [-0.2, -0.15) is 0 Å². The van der Waals surface area contributed by atoms with E-state index in [1.165, 1.54) is 7.11 Å². The van der Waals surface area contributed by atoms with Gasteiger partial charge in [0.1, 0.15) is 17.2 Å². The Balaban J connectivity index is 2.01. The maximum Gasteiger partial charge on any atom is 0.410 e. The molecule has 0 radical (unpaired) electrons. The van der Waals surface area contributed by atoms with E-state index in [-0.39, 0.29) is 23.9 Å². The zero-order valence-electron chi connectivity index (χ0n) is 16.8. The predicted molar refractivity (Wildman–Crippen MR) is 104 cm³/mol. The molecule has 156 valence electrons. The Morgan fingerprint density at radius 3 is 2.43 bits per heavy atom. The molecule has 8 nitrogen and oxygen atoms in total. The number of esters is 1. The van der Waals surface area contributed by atoms with Gasteiger partial charge < -0.3 is 24.3 Å². The number of piperidine rings is 1. The second-order valence-corrected chi connectivity index (χ2v) is 8.01. The second kappa shape index (κ2) is 9.32. The van der Waals surface area contributed by atoms with Crippen LogP contribution in [0.25, 0.3) is 0 Å². The van der Waals surface area contributed by atoms with Crippen molar-refractivity contribution in [1.82, 2.24) is 14.8 Å². The molecular weight excluding hydrogens is 386 g/mol. The first-order valence-electron chi connectivity index (χ1n) is 9.24. The molecule has 1 aromatic heterocycles. The van der Waals surface area contributed by atoms with E-state index in [9.17, 15) is 14.4 Å². The summed E-state index contributed by atoms with van der Waals surface area (Å²) in [5.74, 6) is -0.782. The number of rotatable bonds is 5. The molecule has 2 rings (SSSR count). The minimum atomic E-state index is -0.542. The van der Waals surface area contributed by atoms with Crippen LogP contribution in [0.4, 0.5) is 4.79 Å². The smallest absolute Gasteiger partial charge is 0.410 e. The number of halogens is 1. The number of alkyl halides is 1. The molecule has 0 atom stereocenters. The molecule has 0 aromatic carbocycles. The average molecular weight is 414 g/mol. The molecule has 2 amide bonds. The normalized spacial score (nSPS) is 15.2. The number of methoxy groups -OCH3 is 1. The van der Waals surface area contributed by atoms with E-state index < -0.39 is 11.6 Å². The number of H-pyrrole nitrogens is 1. The summed E-state index contributed by atoms with van der Waals surface area (Å²) in [6, 6.07) is 3.32. The summed E-state index contributed by atoms with van der Waals surface area (Å²) in [6.07, 6.45) is 0.923. The highest BCUT2D eigenvalue weighted by molar-refractivity contribution is 6.27. The Hall–Kier alpha value is -2.22. The van der Waals surface area contributed by atoms with Gasteiger partial charge in [0, 0.05) is 24.8 Å². The summed E-state index contributed by atoms with van der Waals surface area (Å²) < 4.78 is 10.1. The molecule has 0 unspecified atom stereocenters. The number of aromatic nitrogens is 1. The van der Waals surface area contributed by atoms with E-state index in [0.717, 1.165) is 0 Å². The van der Waals surface area contributed by atoms with Crippen molar-refractivity contribution in [2.24, 2.45) is 0 Å². The number of aromatic amines is 1. The Morgan fingerprint density at radius 1 is 1.25 bits per heavy atom. The third-order valence-corrected chi connectivity index (χ3v) is 4.71. The van der Waals surface area contributed by atoms with E-state index in [4.69, 9.17) is 16.3 Å². The molecule has 9 heteroatoms. The minimum Gasteiger partial charge on any atom is -0.464 e. The summed E-state index contributed by atoms with van der Waals surface area (Å²) in [7, 11) is 1.31. The van der Waals surface area contributed by atoms with Crippen LogP contribution < -0.4 is 0 Å². The van der Waals surface area contributed by atoms with Gasteiger partial charge in [-0.05, 0) is 45.7 Å². The van der Waals surface area contributed by atoms with Crippen LogP contribution in [0.5, 0.6) is 0 Å². The van der Waals surface area contributed by atoms with Crippen molar-refractivity contribution in [3.63, 3.8) is 0 Å². The molecule has 1 saturated heterocycles. The van der Waals surface area contributed by atoms with Crippen LogP contribution in [0.1, 0.15) is 49.8 Å². The lowest BCUT2D eigenvalue weighted by atomic mass is 10.0. The predicted octanol–water partition coefficient (Wildman–Crippen LogP) is 2.77. The standard InChI is InChI=1S/C19H28ClN3O5/c1-19(2,3)28-18(26)22-9-7-14(8-10-22)23(16(24)11-20)12-13-5-6-15(21-13)17(25)27-4/h5-6,14,21H,7-12H2,1-4H3. The fourth-order valence-corrected chi connectivity index (χ4v) is 3.28. The SMILES string of the molecule is COC(=O)c1ccc(CN(C(=O)CCl)C2CCN(C(=O)OC(C)(C)C)CC2)[nH]1. The van der Waals surface area contributed by atoms with Crippen molar-refractivity contribution in [3.05, 3.63) is 23.5 Å². The third-order valence-electron chi connectivity index (χ3n) is 4.48. The molecule has 1 aromatic rings. The van der Waals surface area contributed by atoms with Crippen molar-refractivity contribution in [3.8, 4) is 0 Å². The first-order chi connectivity index (χ1) is 13.1. The number of hydrogen-bond acceptors (Lipinski definition) is 5. The molecular formula is C19H28ClN3O5. The number of ether oxygens (including phenoxy) is 2. The number of nitrogens with zero attached hydrogens (tertiary/aromatic N) is 2. The Labute approximate surface area is 170 Å². The average Bonchev–Trinajstić information content (AvgIpc) is 3.12. The Bertz CT molecular complexity index is 705. The largest absolute Gasteiger partial charge is 0.464 e. The van der Waals surface area contributed by atoms with E-state index in [0.29, 0.717) is 43.9 Å². The van der Waals surface area contributed by atoms with Gasteiger partial charge in [-0.25, -0.2) is 9.59 Å². The maximum absolute atomic E-state index is 12.4. The van der Waals surface area contributed by atoms with Crippen molar-refractivity contribution in [2.75, 3.05) is 26.1 Å². The number of carbonyl (C=O) groups excluding carboxylic acids is 3. The zero-order valence-corrected chi connectivity index (χ0v) is 17.5. The zero-order chi connectivity index (χ0) is 20.9. The van der Waals surface area contributed by atoms with Gasteiger partial charge in [-0.3, -0.25) is 4.79 Å². The van der Waals surface area contributed by atoms with Crippen LogP contribution >= 0.6 is 11.6 Å². The highest BCUT2D eigenvalue weighted by atomic mass is 35.5. The van der Waals surface area contributed by atoms with Crippen LogP contribution in [0.2, 0.25) is 0 Å². The fraction of sp³-hybridized carbons (Fsp3) is 0.632. The van der Waals surface area contributed by atoms with Gasteiger partial charge in [0.05, 0.1) is 13.7 Å². The second-order valence-electron chi connectivity index (χ2n) is 7.74. The fourth-order valence-electron chi connectivity index (χ4n) is 3.13. The molecule has 1 fully saturated rings. The molecule has 0 aliphatic carbocycles. The summed E-state index contributed by atoms with van der Waals surface area (Å²) >= 11 is 5.80. The number of carbonyl (C=O) groups is 3. The van der Waals surface area contributed by atoms with E-state index in [1.54, 1.807) is 21.9 Å². The molecule has 1 N–H and O–H groups in total. The number of hydrogen-bond donors (Lipinski definition) is 1. The molecule has 28 heavy (non-hydrogen) atoms. The topological polar surface area (TPSA) is 91.9 Å². The summed E-state index contributed by atoms with van der Waals surface area (Å²) in [5.41, 5.74) is 0.503. The quantitative estimate of drug-likeness (QED) is 0.592. The van der Waals surface area contributed by atoms with Gasteiger partial charge in [-0.1, -0.05) is 0 Å². The van der Waals surface area contributed by atoms with Gasteiger partial charge >= 0.3 is 12.1 Å². The molecule has 0 bridgehead atoms. The monoisotopic (exact) mass is 413 g/mol. The highest BCUT2D eigenvalue weighted by Gasteiger charge is 2.31. The van der Waals surface area contributed by atoms with Gasteiger partial charge in [0.15, 0.2) is 0 Å². The summed E-state index contributed by atoms with van der Waals surface area (Å²) in [6.45, 7) is 6.81. The van der Waals surface area contributed by atoms with Crippen molar-refractivity contribution in [2.45, 2.75) is 51.8 Å². The lowest BCUT2D eigenvalue weighted by Crippen LogP contribution is -2.49. The molecule has 2 heterocycles. The molecule has 0 saturated carbocycles. The Morgan fingerprint density at radius 2 is 1.89 bits per heavy atom. The molecule has 1 aliphatic heterocycles. The van der Waals surface area contributed by atoms with Crippen LogP contribution in [-0.4, -0.2) is 70.5 Å². The first kappa shape index (κ1) is 22.1. The summed E-state index contributed by atoms with van der Waals surface area (Å²) in [5, 5.41) is 0. The van der Waals surface area contributed by atoms with E-state index in [2.05, 4.69) is 9.72 Å². The highest BCUT2D eigenvalue weighted by Crippen LogP contribution is 2.21. The van der Waals surface area contributed by atoms with Crippen LogP contribution in [0.3, 0.4) is 0 Å². The van der Waals surface area contributed by atoms with Crippen LogP contribution in [-0.2, 0) is 20.8 Å². The Kier molecular flexibility index (Phi) is 7.35. The molecule has 0 spiro atoms. The van der Waals surface area contributed by atoms with Gasteiger partial charge in [0.2, 0.25) is 5.91 Å². The number of nitrogens with one attached hydrogen (secondary N) is 1. The van der Waals surface area contributed by atoms with Crippen molar-refractivity contribution >= 4 is 29.6 Å². The minimum absolute atomic E-state index is 0.0465. The van der Waals surface area contributed by atoms with Gasteiger partial charge in [0.25, 0.3) is 0 Å². The maximum atomic E-state index is 12.4. The van der Waals surface area contributed by atoms with Gasteiger partial charge in [-0.15, -0.1) is 11.6 Å². The lowest BCUT2D eigenvalue weighted by Gasteiger charge is -2.38. The third kappa shape index (κ3) is 5.89. The van der Waals surface area contributed by atoms with Crippen LogP contribution in [0.15, 0.2) is 12.1 Å². The number of likely N-dealkylation sites (tertiary alicyclic amines) is 1. The number of amides is 2. The molecule has 1 aliphatic rings. The van der Waals surface area contributed by atoms with Crippen molar-refractivity contribution < 1.29 is 23.9 Å². The van der Waals surface area contributed by atoms with E-state index >= 15 is 0 Å². The first-order valence-corrected chi connectivity index (χ1v) is 9.77. The summed E-state index contributed by atoms with van der Waals surface area (Å²) in [4.78, 5) is 42.5. The van der Waals surface area contributed by atoms with Crippen molar-refractivity contribution in [1.29, 1.82) is 0 Å². The van der Waals surface area contributed by atoms with Crippen LogP contribution in [0, 0.1) is 0 Å². The van der Waals surface area contributed by atoms with E-state index in [1.807, 2.05) is 20.8 Å². The lowest BCUT2D eigenvalue weighted by molar-refractivity contribution is -0.132.